The van der Waals surface area contributed by atoms with Crippen molar-refractivity contribution in [2.75, 3.05) is 0 Å². The van der Waals surface area contributed by atoms with Crippen LogP contribution in [0.15, 0.2) is 91.1 Å². The minimum atomic E-state index is -0.00581. The van der Waals surface area contributed by atoms with Crippen LogP contribution in [0.4, 0.5) is 0 Å². The van der Waals surface area contributed by atoms with Crippen LogP contribution in [0.5, 0.6) is 11.5 Å². The molecule has 0 bridgehead atoms. The SMILES string of the molecule is Cc1cc(Oc2[c-]c3c(cc2)c2cc(C)ccc2n3-c2cc(C(C)(C)C)ccn2)[c-]c(-n2nc(C)c(-c3ccccc3)c2C(C)C)c1.[Pt+2]. The number of nitrogens with zero attached hydrogens (tertiary/aromatic N) is 4. The van der Waals surface area contributed by atoms with Crippen LogP contribution < -0.4 is 4.74 Å². The van der Waals surface area contributed by atoms with E-state index >= 15 is 0 Å². The second-order valence-electron chi connectivity index (χ2n) is 13.9. The van der Waals surface area contributed by atoms with Crippen LogP contribution in [0, 0.1) is 32.9 Å². The Labute approximate surface area is 297 Å². The summed E-state index contributed by atoms with van der Waals surface area (Å²) in [5, 5.41) is 7.29. The maximum absolute atomic E-state index is 6.55. The number of fused-ring (bicyclic) bond motifs is 3. The fourth-order valence-electron chi connectivity index (χ4n) is 6.52. The molecule has 0 N–H and O–H groups in total. The molecule has 0 amide bonds. The third-order valence-corrected chi connectivity index (χ3v) is 8.77. The largest absolute Gasteiger partial charge is 2.00 e. The summed E-state index contributed by atoms with van der Waals surface area (Å²) in [6, 6.07) is 36.7. The molecule has 6 heteroatoms. The second kappa shape index (κ2) is 12.9. The van der Waals surface area contributed by atoms with Crippen LogP contribution >= 0.6 is 0 Å². The zero-order chi connectivity index (χ0) is 33.0. The van der Waals surface area contributed by atoms with Crippen molar-refractivity contribution in [3.8, 4) is 34.1 Å². The van der Waals surface area contributed by atoms with Crippen LogP contribution in [0.1, 0.15) is 68.6 Å². The Morgan fingerprint density at radius 1 is 0.771 bits per heavy atom. The zero-order valence-corrected chi connectivity index (χ0v) is 31.0. The van der Waals surface area contributed by atoms with Gasteiger partial charge in [0.2, 0.25) is 0 Å². The normalized spacial score (nSPS) is 11.8. The molecule has 0 aliphatic rings. The van der Waals surface area contributed by atoms with Crippen molar-refractivity contribution >= 4 is 21.8 Å². The van der Waals surface area contributed by atoms with Crippen molar-refractivity contribution in [2.45, 2.75) is 66.7 Å². The van der Waals surface area contributed by atoms with E-state index in [0.29, 0.717) is 11.5 Å². The van der Waals surface area contributed by atoms with Crippen LogP contribution in [-0.4, -0.2) is 19.3 Å². The van der Waals surface area contributed by atoms with Crippen LogP contribution in [0.3, 0.4) is 0 Å². The summed E-state index contributed by atoms with van der Waals surface area (Å²) < 4.78 is 10.8. The first kappa shape index (κ1) is 33.4. The fraction of sp³-hybridized carbons (Fsp3) is 0.238. The summed E-state index contributed by atoms with van der Waals surface area (Å²) in [6.07, 6.45) is 1.90. The molecule has 0 aliphatic carbocycles. The van der Waals surface area contributed by atoms with Gasteiger partial charge >= 0.3 is 21.1 Å². The van der Waals surface area contributed by atoms with E-state index in [0.717, 1.165) is 44.9 Å². The molecule has 244 valence electrons. The Balaban J connectivity index is 0.00000401. The smallest absolute Gasteiger partial charge is 0.509 e. The second-order valence-corrected chi connectivity index (χ2v) is 13.9. The van der Waals surface area contributed by atoms with Gasteiger partial charge in [0, 0.05) is 28.8 Å². The van der Waals surface area contributed by atoms with Gasteiger partial charge in [0.25, 0.3) is 0 Å². The van der Waals surface area contributed by atoms with Gasteiger partial charge in [0.05, 0.1) is 11.4 Å². The predicted molar refractivity (Wildman–Crippen MR) is 192 cm³/mol. The molecule has 7 aromatic rings. The van der Waals surface area contributed by atoms with E-state index in [1.807, 2.05) is 29.1 Å². The Kier molecular flexibility index (Phi) is 8.95. The number of aryl methyl sites for hydroxylation is 3. The number of hydrogen-bond acceptors (Lipinski definition) is 3. The van der Waals surface area contributed by atoms with Crippen LogP contribution in [-0.2, 0) is 26.5 Å². The summed E-state index contributed by atoms with van der Waals surface area (Å²) >= 11 is 0. The molecule has 0 saturated carbocycles. The van der Waals surface area contributed by atoms with Gasteiger partial charge in [-0.3, -0.25) is 4.68 Å². The predicted octanol–water partition coefficient (Wildman–Crippen LogP) is 10.8. The maximum Gasteiger partial charge on any atom is 2.00 e. The number of benzene rings is 4. The van der Waals surface area contributed by atoms with Crippen LogP contribution in [0.2, 0.25) is 0 Å². The molecule has 4 aromatic carbocycles. The van der Waals surface area contributed by atoms with E-state index < -0.39 is 0 Å². The quantitative estimate of drug-likeness (QED) is 0.157. The van der Waals surface area contributed by atoms with E-state index in [-0.39, 0.29) is 32.4 Å². The van der Waals surface area contributed by atoms with Crippen LogP contribution in [0.25, 0.3) is 44.4 Å². The standard InChI is InChI=1S/C42H40N4O.Pt/c1-26(2)41-40(30-12-10-9-11-13-30)29(5)44-46(41)32-20-28(4)21-34(24-32)47-33-15-16-35-36-22-27(3)14-17-37(36)45(38(35)25-33)39-23-31(18-19-43-39)42(6,7)8;/h9-23,26H,1-8H3;/q-2;+2. The number of rotatable bonds is 6. The molecule has 48 heavy (non-hydrogen) atoms. The van der Waals surface area contributed by atoms with Gasteiger partial charge in [-0.1, -0.05) is 95.1 Å². The monoisotopic (exact) mass is 811 g/mol. The molecular weight excluding hydrogens is 772 g/mol. The third kappa shape index (κ3) is 6.13. The first-order chi connectivity index (χ1) is 22.5. The number of hydrogen-bond donors (Lipinski definition) is 0. The molecule has 0 unspecified atom stereocenters. The molecular formula is C42H40N4OPt. The topological polar surface area (TPSA) is 44.9 Å². The molecule has 3 aromatic heterocycles. The molecule has 0 fully saturated rings. The molecule has 0 saturated heterocycles. The Morgan fingerprint density at radius 3 is 2.27 bits per heavy atom. The first-order valence-electron chi connectivity index (χ1n) is 16.3. The van der Waals surface area contributed by atoms with Crippen molar-refractivity contribution < 1.29 is 25.8 Å². The van der Waals surface area contributed by atoms with E-state index in [1.54, 1.807) is 0 Å². The Morgan fingerprint density at radius 2 is 1.54 bits per heavy atom. The van der Waals surface area contributed by atoms with E-state index in [9.17, 15) is 0 Å². The summed E-state index contributed by atoms with van der Waals surface area (Å²) in [4.78, 5) is 4.83. The van der Waals surface area contributed by atoms with Crippen molar-refractivity contribution in [3.05, 3.63) is 131 Å². The van der Waals surface area contributed by atoms with Gasteiger partial charge in [-0.15, -0.1) is 35.7 Å². The molecule has 0 atom stereocenters. The summed E-state index contributed by atoms with van der Waals surface area (Å²) in [5.41, 5.74) is 10.8. The molecule has 7 rings (SSSR count). The molecule has 0 aliphatic heterocycles. The summed E-state index contributed by atoms with van der Waals surface area (Å²) in [7, 11) is 0. The first-order valence-corrected chi connectivity index (χ1v) is 16.3. The third-order valence-electron chi connectivity index (χ3n) is 8.77. The van der Waals surface area contributed by atoms with Gasteiger partial charge in [0.1, 0.15) is 5.82 Å². The number of pyridine rings is 1. The molecule has 5 nitrogen and oxygen atoms in total. The van der Waals surface area contributed by atoms with Crippen molar-refractivity contribution in [3.63, 3.8) is 0 Å². The number of aromatic nitrogens is 4. The molecule has 0 spiro atoms. The van der Waals surface area contributed by atoms with Crippen molar-refractivity contribution in [1.29, 1.82) is 0 Å². The van der Waals surface area contributed by atoms with Gasteiger partial charge in [0.15, 0.2) is 0 Å². The summed E-state index contributed by atoms with van der Waals surface area (Å²) in [6.45, 7) is 17.4. The van der Waals surface area contributed by atoms with Gasteiger partial charge in [-0.2, -0.15) is 16.7 Å². The van der Waals surface area contributed by atoms with E-state index in [4.69, 9.17) is 14.8 Å². The van der Waals surface area contributed by atoms with Crippen molar-refractivity contribution in [1.82, 2.24) is 19.3 Å². The summed E-state index contributed by atoms with van der Waals surface area (Å²) in [5.74, 6) is 2.34. The van der Waals surface area contributed by atoms with Crippen molar-refractivity contribution in [2.24, 2.45) is 0 Å². The number of ether oxygens (including phenoxy) is 1. The Bertz CT molecular complexity index is 2270. The molecule has 3 heterocycles. The van der Waals surface area contributed by atoms with E-state index in [2.05, 4.69) is 139 Å². The average molecular weight is 812 g/mol. The zero-order valence-electron chi connectivity index (χ0n) is 28.8. The maximum atomic E-state index is 6.55. The Hall–Kier alpha value is -4.47. The molecule has 0 radical (unpaired) electrons. The average Bonchev–Trinajstić information content (AvgIpc) is 3.55. The minimum absolute atomic E-state index is 0. The fourth-order valence-corrected chi connectivity index (χ4v) is 6.52. The van der Waals surface area contributed by atoms with Gasteiger partial charge < -0.3 is 9.30 Å². The van der Waals surface area contributed by atoms with E-state index in [1.165, 1.54) is 27.6 Å². The minimum Gasteiger partial charge on any atom is -0.509 e. The van der Waals surface area contributed by atoms with Gasteiger partial charge in [-0.25, -0.2) is 4.98 Å². The van der Waals surface area contributed by atoms with Gasteiger partial charge in [-0.05, 0) is 65.6 Å².